The number of methoxy groups -OCH3 is 1. The molecule has 0 fully saturated rings. The van der Waals surface area contributed by atoms with Gasteiger partial charge >= 0.3 is 0 Å². The van der Waals surface area contributed by atoms with Gasteiger partial charge in [-0.05, 0) is 23.8 Å². The number of phenols is 1. The number of anilines is 1. The van der Waals surface area contributed by atoms with Crippen molar-refractivity contribution in [3.05, 3.63) is 60.2 Å². The van der Waals surface area contributed by atoms with E-state index in [9.17, 15) is 10.4 Å². The maximum absolute atomic E-state index is 9.77. The predicted octanol–water partition coefficient (Wildman–Crippen LogP) is 3.58. The van der Waals surface area contributed by atoms with Crippen LogP contribution in [0, 0.1) is 11.3 Å². The second-order valence-corrected chi connectivity index (χ2v) is 5.18. The van der Waals surface area contributed by atoms with E-state index >= 15 is 0 Å². The zero-order valence-corrected chi connectivity index (χ0v) is 13.0. The molecule has 24 heavy (non-hydrogen) atoms. The third kappa shape index (κ3) is 2.73. The normalized spacial score (nSPS) is 10.2. The van der Waals surface area contributed by atoms with Gasteiger partial charge in [0.05, 0.1) is 12.8 Å². The van der Waals surface area contributed by atoms with Gasteiger partial charge in [0.25, 0.3) is 0 Å². The van der Waals surface area contributed by atoms with Gasteiger partial charge in [0.2, 0.25) is 0 Å². The van der Waals surface area contributed by atoms with Crippen molar-refractivity contribution in [3.8, 4) is 40.0 Å². The van der Waals surface area contributed by atoms with Crippen LogP contribution in [-0.2, 0) is 0 Å². The summed E-state index contributed by atoms with van der Waals surface area (Å²) in [6.07, 6.45) is 0. The fourth-order valence-electron chi connectivity index (χ4n) is 2.51. The molecule has 0 saturated heterocycles. The van der Waals surface area contributed by atoms with Crippen molar-refractivity contribution in [2.75, 3.05) is 12.8 Å². The number of hydrogen-bond donors (Lipinski definition) is 2. The minimum atomic E-state index is 0.0325. The molecule has 5 heteroatoms. The predicted molar refractivity (Wildman–Crippen MR) is 92.5 cm³/mol. The Morgan fingerprint density at radius 1 is 1.08 bits per heavy atom. The van der Waals surface area contributed by atoms with E-state index in [-0.39, 0.29) is 11.6 Å². The molecule has 2 aromatic carbocycles. The van der Waals surface area contributed by atoms with Crippen LogP contribution in [0.25, 0.3) is 22.4 Å². The first kappa shape index (κ1) is 15.4. The number of nitrogens with zero attached hydrogens (tertiary/aromatic N) is 2. The molecule has 0 spiro atoms. The molecular weight excluding hydrogens is 302 g/mol. The molecule has 0 aliphatic heterocycles. The lowest BCUT2D eigenvalue weighted by atomic mass is 9.98. The van der Waals surface area contributed by atoms with Crippen LogP contribution in [0.5, 0.6) is 11.5 Å². The summed E-state index contributed by atoms with van der Waals surface area (Å²) in [5, 5.41) is 19.2. The summed E-state index contributed by atoms with van der Waals surface area (Å²) in [7, 11) is 1.47. The van der Waals surface area contributed by atoms with E-state index in [4.69, 9.17) is 10.5 Å². The van der Waals surface area contributed by atoms with Gasteiger partial charge in [-0.1, -0.05) is 36.4 Å². The van der Waals surface area contributed by atoms with Crippen molar-refractivity contribution in [2.45, 2.75) is 0 Å². The molecule has 3 aromatic rings. The SMILES string of the molecule is COc1cc(-c2cc(-c3ccccc3)nc(N)c2C#N)ccc1O. The molecule has 1 aromatic heterocycles. The van der Waals surface area contributed by atoms with E-state index in [1.807, 2.05) is 36.4 Å². The van der Waals surface area contributed by atoms with E-state index in [2.05, 4.69) is 11.1 Å². The first-order valence-electron chi connectivity index (χ1n) is 7.27. The molecule has 0 amide bonds. The van der Waals surface area contributed by atoms with Crippen LogP contribution in [0.15, 0.2) is 54.6 Å². The Kier molecular flexibility index (Phi) is 4.04. The smallest absolute Gasteiger partial charge is 0.161 e. The average molecular weight is 317 g/mol. The van der Waals surface area contributed by atoms with Gasteiger partial charge in [-0.25, -0.2) is 4.98 Å². The fourth-order valence-corrected chi connectivity index (χ4v) is 2.51. The van der Waals surface area contributed by atoms with Crippen molar-refractivity contribution in [3.63, 3.8) is 0 Å². The minimum absolute atomic E-state index is 0.0325. The molecule has 0 aliphatic carbocycles. The maximum atomic E-state index is 9.77. The number of aromatic hydroxyl groups is 1. The van der Waals surface area contributed by atoms with Crippen LogP contribution in [0.4, 0.5) is 5.82 Å². The van der Waals surface area contributed by atoms with Gasteiger partial charge < -0.3 is 15.6 Å². The summed E-state index contributed by atoms with van der Waals surface area (Å²) < 4.78 is 5.15. The van der Waals surface area contributed by atoms with Gasteiger partial charge in [-0.2, -0.15) is 5.26 Å². The summed E-state index contributed by atoms with van der Waals surface area (Å²) in [4.78, 5) is 4.34. The summed E-state index contributed by atoms with van der Waals surface area (Å²) in [6.45, 7) is 0. The lowest BCUT2D eigenvalue weighted by molar-refractivity contribution is 0.373. The van der Waals surface area contributed by atoms with Crippen LogP contribution in [-0.4, -0.2) is 17.2 Å². The average Bonchev–Trinajstić information content (AvgIpc) is 2.62. The van der Waals surface area contributed by atoms with Crippen LogP contribution < -0.4 is 10.5 Å². The van der Waals surface area contributed by atoms with Crippen molar-refractivity contribution < 1.29 is 9.84 Å². The fraction of sp³-hybridized carbons (Fsp3) is 0.0526. The monoisotopic (exact) mass is 317 g/mol. The number of ether oxygens (including phenoxy) is 1. The second kappa shape index (κ2) is 6.31. The summed E-state index contributed by atoms with van der Waals surface area (Å²) in [5.74, 6) is 0.527. The number of pyridine rings is 1. The maximum Gasteiger partial charge on any atom is 0.161 e. The van der Waals surface area contributed by atoms with E-state index in [1.54, 1.807) is 12.1 Å². The highest BCUT2D eigenvalue weighted by Crippen LogP contribution is 2.35. The zero-order valence-electron chi connectivity index (χ0n) is 13.0. The highest BCUT2D eigenvalue weighted by Gasteiger charge is 2.15. The number of phenolic OH excluding ortho intramolecular Hbond substituents is 1. The summed E-state index contributed by atoms with van der Waals surface area (Å²) >= 11 is 0. The first-order chi connectivity index (χ1) is 11.6. The zero-order chi connectivity index (χ0) is 17.1. The molecule has 118 valence electrons. The number of nitrogens with two attached hydrogens (primary N) is 1. The van der Waals surface area contributed by atoms with Crippen molar-refractivity contribution >= 4 is 5.82 Å². The van der Waals surface area contributed by atoms with Crippen LogP contribution >= 0.6 is 0 Å². The number of nitrogen functional groups attached to an aromatic ring is 1. The molecule has 0 atom stereocenters. The van der Waals surface area contributed by atoms with Gasteiger partial charge in [-0.15, -0.1) is 0 Å². The number of rotatable bonds is 3. The van der Waals surface area contributed by atoms with E-state index in [0.717, 1.165) is 5.56 Å². The number of hydrogen-bond acceptors (Lipinski definition) is 5. The lowest BCUT2D eigenvalue weighted by Gasteiger charge is -2.12. The third-order valence-electron chi connectivity index (χ3n) is 3.72. The van der Waals surface area contributed by atoms with Crippen molar-refractivity contribution in [1.29, 1.82) is 5.26 Å². The molecule has 1 heterocycles. The molecular formula is C19H15N3O2. The van der Waals surface area contributed by atoms with Gasteiger partial charge in [0, 0.05) is 11.1 Å². The lowest BCUT2D eigenvalue weighted by Crippen LogP contribution is -2.00. The molecule has 0 bridgehead atoms. The van der Waals surface area contributed by atoms with Gasteiger partial charge in [0.1, 0.15) is 17.5 Å². The highest BCUT2D eigenvalue weighted by atomic mass is 16.5. The quantitative estimate of drug-likeness (QED) is 0.770. The van der Waals surface area contributed by atoms with Crippen LogP contribution in [0.2, 0.25) is 0 Å². The molecule has 0 saturated carbocycles. The number of aromatic nitrogens is 1. The first-order valence-corrected chi connectivity index (χ1v) is 7.27. The molecule has 3 rings (SSSR count). The summed E-state index contributed by atoms with van der Waals surface area (Å²) in [5.41, 5.74) is 9.22. The van der Waals surface area contributed by atoms with Gasteiger partial charge in [0.15, 0.2) is 11.5 Å². The molecule has 0 aliphatic rings. The number of nitriles is 1. The Morgan fingerprint density at radius 2 is 1.83 bits per heavy atom. The number of benzene rings is 2. The Morgan fingerprint density at radius 3 is 2.50 bits per heavy atom. The van der Waals surface area contributed by atoms with Crippen molar-refractivity contribution in [2.24, 2.45) is 0 Å². The molecule has 5 nitrogen and oxygen atoms in total. The van der Waals surface area contributed by atoms with E-state index in [0.29, 0.717) is 28.1 Å². The largest absolute Gasteiger partial charge is 0.504 e. The van der Waals surface area contributed by atoms with Gasteiger partial charge in [-0.3, -0.25) is 0 Å². The van der Waals surface area contributed by atoms with Crippen molar-refractivity contribution in [1.82, 2.24) is 4.98 Å². The highest BCUT2D eigenvalue weighted by molar-refractivity contribution is 5.81. The standard InChI is InChI=1S/C19H15N3O2/c1-24-18-9-13(7-8-17(18)23)14-10-16(12-5-3-2-4-6-12)22-19(21)15(14)11-20/h2-10,23H,1H3,(H2,21,22). The van der Waals surface area contributed by atoms with E-state index < -0.39 is 0 Å². The Balaban J connectivity index is 2.23. The Bertz CT molecular complexity index is 931. The Hall–Kier alpha value is -3.52. The topological polar surface area (TPSA) is 92.2 Å². The van der Waals surface area contributed by atoms with Crippen LogP contribution in [0.1, 0.15) is 5.56 Å². The second-order valence-electron chi connectivity index (χ2n) is 5.18. The van der Waals surface area contributed by atoms with E-state index in [1.165, 1.54) is 13.2 Å². The minimum Gasteiger partial charge on any atom is -0.504 e. The third-order valence-corrected chi connectivity index (χ3v) is 3.72. The molecule has 0 radical (unpaired) electrons. The molecule has 3 N–H and O–H groups in total. The van der Waals surface area contributed by atoms with Crippen LogP contribution in [0.3, 0.4) is 0 Å². The molecule has 0 unspecified atom stereocenters. The Labute approximate surface area is 139 Å². The summed E-state index contributed by atoms with van der Waals surface area (Å²) in [6, 6.07) is 18.4.